The molecule has 0 bridgehead atoms. The van der Waals surface area contributed by atoms with Crippen LogP contribution in [-0.4, -0.2) is 96.0 Å². The first-order valence-electron chi connectivity index (χ1n) is 24.8. The van der Waals surface area contributed by atoms with Crippen LogP contribution < -0.4 is 20.7 Å². The molecule has 4 N–H and O–H groups in total. The molecule has 5 atom stereocenters. The van der Waals surface area contributed by atoms with Crippen molar-refractivity contribution in [2.45, 2.75) is 123 Å². The highest BCUT2D eigenvalue weighted by Crippen LogP contribution is 2.40. The predicted molar refractivity (Wildman–Crippen MR) is 285 cm³/mol. The number of fused-ring (bicyclic) bond motifs is 4. The van der Waals surface area contributed by atoms with Crippen LogP contribution >= 0.6 is 34.3 Å². The molecule has 74 heavy (non-hydrogen) atoms. The van der Waals surface area contributed by atoms with Gasteiger partial charge in [-0.3, -0.25) is 28.7 Å². The summed E-state index contributed by atoms with van der Waals surface area (Å²) < 4.78 is 14.4. The minimum absolute atomic E-state index is 0.000667. The number of aryl methyl sites for hydroxylation is 3. The molecule has 1 aliphatic carbocycles. The van der Waals surface area contributed by atoms with Crippen LogP contribution in [0, 0.1) is 33.1 Å². The molecule has 6 heterocycles. The Labute approximate surface area is 441 Å². The van der Waals surface area contributed by atoms with Gasteiger partial charge in [0.2, 0.25) is 17.7 Å². The number of hydrogen-bond acceptors (Lipinski definition) is 13. The summed E-state index contributed by atoms with van der Waals surface area (Å²) in [6.07, 6.45) is 0.228. The number of nitrogens with zero attached hydrogens (tertiary/aromatic N) is 6. The van der Waals surface area contributed by atoms with Crippen molar-refractivity contribution in [1.82, 2.24) is 40.6 Å². The highest BCUT2D eigenvalue weighted by molar-refractivity contribution is 7.15. The van der Waals surface area contributed by atoms with E-state index in [1.54, 1.807) is 46.9 Å². The van der Waals surface area contributed by atoms with Crippen molar-refractivity contribution < 1.29 is 33.4 Å². The Balaban J connectivity index is 0.754. The van der Waals surface area contributed by atoms with Gasteiger partial charge in [-0.1, -0.05) is 68.8 Å². The number of aromatic nitrogens is 4. The number of amides is 4. The van der Waals surface area contributed by atoms with Gasteiger partial charge in [0.25, 0.3) is 5.91 Å². The summed E-state index contributed by atoms with van der Waals surface area (Å²) in [5.74, 6) is 0.238. The Morgan fingerprint density at radius 3 is 2.36 bits per heavy atom. The number of thiophene rings is 1. The normalized spacial score (nSPS) is 20.2. The summed E-state index contributed by atoms with van der Waals surface area (Å²) in [5, 5.41) is 31.1. The lowest BCUT2D eigenvalue weighted by Gasteiger charge is -2.36. The summed E-state index contributed by atoms with van der Waals surface area (Å²) >= 11 is 9.51. The Morgan fingerprint density at radius 2 is 1.66 bits per heavy atom. The topological polar surface area (TPSA) is 206 Å². The molecule has 3 aliphatic rings. The van der Waals surface area contributed by atoms with Crippen LogP contribution in [0.4, 0.5) is 0 Å². The van der Waals surface area contributed by atoms with Gasteiger partial charge in [0.15, 0.2) is 11.6 Å². The van der Waals surface area contributed by atoms with Crippen molar-refractivity contribution in [2.24, 2.45) is 10.4 Å². The second-order valence-electron chi connectivity index (χ2n) is 20.7. The quantitative estimate of drug-likeness (QED) is 0.0862. The average Bonchev–Trinajstić information content (AvgIpc) is 4.19. The number of carbonyl (C=O) groups excluding carboxylic acids is 4. The summed E-state index contributed by atoms with van der Waals surface area (Å²) in [6, 6.07) is 19.4. The third kappa shape index (κ3) is 10.1. The molecule has 1 saturated carbocycles. The zero-order chi connectivity index (χ0) is 52.3. The van der Waals surface area contributed by atoms with Crippen LogP contribution in [0.5, 0.6) is 5.75 Å². The third-order valence-electron chi connectivity index (χ3n) is 14.2. The van der Waals surface area contributed by atoms with Crippen molar-refractivity contribution in [1.29, 1.82) is 0 Å². The number of halogens is 1. The van der Waals surface area contributed by atoms with E-state index in [1.165, 1.54) is 4.90 Å². The standard InChI is InChI=1S/C55H58ClN9O7S2/c1-27-30(4)74-54-46(27)47(33-13-16-36(56)17-14-33)60-41(50-63-62-31(5)65(50)54)24-45(67)59-37-20-40(21-37)71-39-18-15-35-19-44(72-43(35)23-39)52(69)61-49(55(6,7)8)53(70)64-25-38(66)22-42(64)51(68)58-28(2)32-9-11-34(12-10-32)48-29(3)57-26-73-48/h9-19,23,26,28,37-38,40-42,49,66H,20-22,24-25H2,1-8H3,(H,58,68)(H,59,67)(H,61,69)/t28-,37?,38+,40?,41-,42?,49+/m0/s1. The molecule has 1 unspecified atom stereocenters. The molecule has 0 spiro atoms. The smallest absolute Gasteiger partial charge is 0.287 e. The third-order valence-corrected chi connectivity index (χ3v) is 16.7. The van der Waals surface area contributed by atoms with E-state index in [0.717, 1.165) is 59.8 Å². The zero-order valence-electron chi connectivity index (χ0n) is 42.4. The number of carbonyl (C=O) groups is 4. The van der Waals surface area contributed by atoms with Crippen molar-refractivity contribution in [3.63, 3.8) is 0 Å². The summed E-state index contributed by atoms with van der Waals surface area (Å²) in [4.78, 5) is 69.0. The fourth-order valence-corrected chi connectivity index (χ4v) is 12.1. The van der Waals surface area contributed by atoms with Gasteiger partial charge in [0.05, 0.1) is 40.4 Å². The summed E-state index contributed by atoms with van der Waals surface area (Å²) in [6.45, 7) is 15.4. The highest BCUT2D eigenvalue weighted by Gasteiger charge is 2.45. The number of hydrogen-bond donors (Lipinski definition) is 4. The molecule has 4 aromatic heterocycles. The van der Waals surface area contributed by atoms with Crippen LogP contribution in [0.2, 0.25) is 5.02 Å². The van der Waals surface area contributed by atoms with Gasteiger partial charge in [-0.25, -0.2) is 4.98 Å². The minimum Gasteiger partial charge on any atom is -0.490 e. The van der Waals surface area contributed by atoms with E-state index in [1.807, 2.05) is 100 Å². The van der Waals surface area contributed by atoms with Crippen LogP contribution in [0.1, 0.15) is 120 Å². The number of aliphatic hydroxyl groups is 1. The monoisotopic (exact) mass is 1060 g/mol. The number of aliphatic hydroxyl groups excluding tert-OH is 1. The number of aliphatic imine (C=N–C) groups is 1. The predicted octanol–water partition coefficient (Wildman–Crippen LogP) is 9.08. The number of benzene rings is 3. The maximum atomic E-state index is 14.4. The first kappa shape index (κ1) is 50.8. The van der Waals surface area contributed by atoms with Crippen LogP contribution in [0.25, 0.3) is 26.4 Å². The molecule has 1 saturated heterocycles. The van der Waals surface area contributed by atoms with Gasteiger partial charge in [0.1, 0.15) is 46.4 Å². The fraction of sp³-hybridized carbons (Fsp3) is 0.382. The number of likely N-dealkylation sites (tertiary alicyclic amines) is 1. The SMILES string of the molecule is Cc1ncsc1-c1ccc([C@H](C)NC(=O)C2C[C@@H](O)CN2C(=O)[C@@H](NC(=O)c2cc3ccc(OC4CC(NC(=O)C[C@@H]5N=C(c6ccc(Cl)cc6)c6c(sc(C)c6C)-n6c(C)nnc65)C4)cc3o2)C(C)(C)C)cc1. The van der Waals surface area contributed by atoms with E-state index in [2.05, 4.69) is 45.0 Å². The van der Waals surface area contributed by atoms with Gasteiger partial charge in [0, 0.05) is 64.3 Å². The lowest BCUT2D eigenvalue weighted by molar-refractivity contribution is -0.142. The Bertz CT molecular complexity index is 3330. The van der Waals surface area contributed by atoms with Gasteiger partial charge < -0.3 is 35.1 Å². The van der Waals surface area contributed by atoms with E-state index in [0.29, 0.717) is 40.4 Å². The Morgan fingerprint density at radius 1 is 0.932 bits per heavy atom. The molecule has 10 rings (SSSR count). The van der Waals surface area contributed by atoms with Gasteiger partial charge in [-0.2, -0.15) is 0 Å². The van der Waals surface area contributed by atoms with Crippen molar-refractivity contribution in [3.05, 3.63) is 134 Å². The van der Waals surface area contributed by atoms with Crippen molar-refractivity contribution >= 4 is 74.6 Å². The molecule has 2 aliphatic heterocycles. The van der Waals surface area contributed by atoms with Gasteiger partial charge in [-0.15, -0.1) is 32.9 Å². The second kappa shape index (κ2) is 20.2. The van der Waals surface area contributed by atoms with Crippen LogP contribution in [0.3, 0.4) is 0 Å². The first-order chi connectivity index (χ1) is 35.3. The number of rotatable bonds is 13. The number of furan rings is 1. The molecule has 2 fully saturated rings. The average molecular weight is 1060 g/mol. The fourth-order valence-electron chi connectivity index (χ4n) is 9.98. The van der Waals surface area contributed by atoms with Crippen LogP contribution in [0.15, 0.2) is 87.7 Å². The molecule has 16 nitrogen and oxygen atoms in total. The Kier molecular flexibility index (Phi) is 13.9. The molecule has 4 amide bonds. The summed E-state index contributed by atoms with van der Waals surface area (Å²) in [5.41, 5.74) is 8.13. The zero-order valence-corrected chi connectivity index (χ0v) is 44.7. The van der Waals surface area contributed by atoms with E-state index >= 15 is 0 Å². The molecule has 19 heteroatoms. The molecule has 0 radical (unpaired) electrons. The van der Waals surface area contributed by atoms with E-state index in [4.69, 9.17) is 25.7 Å². The van der Waals surface area contributed by atoms with E-state index in [-0.39, 0.29) is 49.2 Å². The largest absolute Gasteiger partial charge is 0.490 e. The van der Waals surface area contributed by atoms with Crippen molar-refractivity contribution in [3.8, 4) is 21.2 Å². The summed E-state index contributed by atoms with van der Waals surface area (Å²) in [7, 11) is 0. The van der Waals surface area contributed by atoms with Crippen molar-refractivity contribution in [2.75, 3.05) is 6.54 Å². The maximum absolute atomic E-state index is 14.4. The molecular weight excluding hydrogens is 998 g/mol. The maximum Gasteiger partial charge on any atom is 0.287 e. The van der Waals surface area contributed by atoms with Gasteiger partial charge >= 0.3 is 0 Å². The molecular formula is C55H58ClN9O7S2. The van der Waals surface area contributed by atoms with Gasteiger partial charge in [-0.05, 0) is 87.1 Å². The minimum atomic E-state index is -1.06. The highest BCUT2D eigenvalue weighted by atomic mass is 35.5. The second-order valence-corrected chi connectivity index (χ2v) is 23.2. The lowest BCUT2D eigenvalue weighted by Crippen LogP contribution is -2.57. The van der Waals surface area contributed by atoms with Crippen LogP contribution in [-0.2, 0) is 14.4 Å². The first-order valence-corrected chi connectivity index (χ1v) is 26.8. The number of nitrogens with one attached hydrogen (secondary N) is 3. The number of β-amino-alcohol motifs (C(OH)–C–C–N with tert-alkyl or cyclic N) is 1. The lowest BCUT2D eigenvalue weighted by atomic mass is 9.85. The Hall–Kier alpha value is -6.73. The molecule has 384 valence electrons. The number of thiazole rings is 1. The van der Waals surface area contributed by atoms with E-state index in [9.17, 15) is 24.3 Å². The molecule has 3 aromatic carbocycles. The van der Waals surface area contributed by atoms with E-state index < -0.39 is 47.4 Å². The molecule has 7 aromatic rings. The number of ether oxygens (including phenoxy) is 1.